The summed E-state index contributed by atoms with van der Waals surface area (Å²) in [6.45, 7) is 2.83. The van der Waals surface area contributed by atoms with Crippen molar-refractivity contribution in [1.82, 2.24) is 0 Å². The van der Waals surface area contributed by atoms with E-state index in [1.165, 1.54) is 19.9 Å². The SMILES string of the molecule is C[C@]12O[C@](C)(C[C@H]1C(=O)O)[C@H]1C(=O)N(c3ccc(C#N)c(C(F)(F)F)c3F)C(=O)[C@H]12. The van der Waals surface area contributed by atoms with Crippen molar-refractivity contribution in [3.05, 3.63) is 29.1 Å². The third-order valence-corrected chi connectivity index (χ3v) is 6.40. The number of aliphatic carboxylic acids is 1. The maximum absolute atomic E-state index is 14.9. The number of anilines is 1. The Labute approximate surface area is 166 Å². The summed E-state index contributed by atoms with van der Waals surface area (Å²) in [6.07, 6.45) is -5.31. The Morgan fingerprint density at radius 1 is 1.27 bits per heavy atom. The van der Waals surface area contributed by atoms with Gasteiger partial charge in [-0.15, -0.1) is 0 Å². The molecule has 7 nitrogen and oxygen atoms in total. The number of nitriles is 1. The summed E-state index contributed by atoms with van der Waals surface area (Å²) in [7, 11) is 0. The lowest BCUT2D eigenvalue weighted by Crippen LogP contribution is -2.48. The maximum Gasteiger partial charge on any atom is 0.420 e. The average Bonchev–Trinajstić information content (AvgIpc) is 3.15. The number of carbonyl (C=O) groups excluding carboxylic acids is 2. The molecule has 3 fully saturated rings. The van der Waals surface area contributed by atoms with Crippen LogP contribution < -0.4 is 4.90 Å². The highest BCUT2D eigenvalue weighted by Crippen LogP contribution is 2.63. The van der Waals surface area contributed by atoms with Gasteiger partial charge in [0.1, 0.15) is 5.56 Å². The van der Waals surface area contributed by atoms with Crippen LogP contribution in [0.2, 0.25) is 0 Å². The fourth-order valence-corrected chi connectivity index (χ4v) is 5.23. The van der Waals surface area contributed by atoms with E-state index in [2.05, 4.69) is 0 Å². The van der Waals surface area contributed by atoms with Crippen LogP contribution in [0.15, 0.2) is 12.1 Å². The van der Waals surface area contributed by atoms with Crippen molar-refractivity contribution in [2.24, 2.45) is 17.8 Å². The molecule has 0 aromatic heterocycles. The lowest BCUT2D eigenvalue weighted by molar-refractivity contribution is -0.150. The Bertz CT molecular complexity index is 1060. The predicted molar refractivity (Wildman–Crippen MR) is 89.2 cm³/mol. The molecule has 0 saturated carbocycles. The van der Waals surface area contributed by atoms with Crippen LogP contribution in [0.25, 0.3) is 0 Å². The Morgan fingerprint density at radius 2 is 1.87 bits per heavy atom. The molecule has 2 bridgehead atoms. The number of halogens is 4. The van der Waals surface area contributed by atoms with Crippen LogP contribution in [0, 0.1) is 34.9 Å². The van der Waals surface area contributed by atoms with Crippen molar-refractivity contribution < 1.29 is 41.8 Å². The molecule has 1 aromatic rings. The molecule has 5 atom stereocenters. The summed E-state index contributed by atoms with van der Waals surface area (Å²) in [6, 6.07) is 2.69. The second-order valence-electron chi connectivity index (χ2n) is 8.09. The van der Waals surface area contributed by atoms with Gasteiger partial charge in [-0.05, 0) is 32.4 Å². The van der Waals surface area contributed by atoms with Crippen LogP contribution in [0.3, 0.4) is 0 Å². The number of carbonyl (C=O) groups is 3. The number of carboxylic acids is 1. The topological polar surface area (TPSA) is 108 Å². The highest BCUT2D eigenvalue weighted by Gasteiger charge is 2.77. The summed E-state index contributed by atoms with van der Waals surface area (Å²) in [5.41, 5.74) is -6.69. The first-order valence-electron chi connectivity index (χ1n) is 8.88. The first-order chi connectivity index (χ1) is 13.8. The molecule has 2 amide bonds. The Kier molecular flexibility index (Phi) is 3.91. The molecule has 0 radical (unpaired) electrons. The number of ether oxygens (including phenoxy) is 1. The smallest absolute Gasteiger partial charge is 0.420 e. The summed E-state index contributed by atoms with van der Waals surface area (Å²) < 4.78 is 60.6. The Morgan fingerprint density at radius 3 is 2.40 bits per heavy atom. The molecule has 1 aromatic carbocycles. The molecule has 11 heteroatoms. The second-order valence-corrected chi connectivity index (χ2v) is 8.09. The molecule has 4 rings (SSSR count). The molecule has 3 saturated heterocycles. The minimum Gasteiger partial charge on any atom is -0.481 e. The first-order valence-corrected chi connectivity index (χ1v) is 8.88. The van der Waals surface area contributed by atoms with E-state index in [-0.39, 0.29) is 6.42 Å². The number of rotatable bonds is 2. The van der Waals surface area contributed by atoms with E-state index < -0.39 is 75.5 Å². The van der Waals surface area contributed by atoms with E-state index in [0.717, 1.165) is 6.07 Å². The monoisotopic (exact) mass is 426 g/mol. The second kappa shape index (κ2) is 5.78. The molecular formula is C19H14F4N2O5. The number of hydrogen-bond acceptors (Lipinski definition) is 5. The Hall–Kier alpha value is -3.00. The van der Waals surface area contributed by atoms with E-state index >= 15 is 0 Å². The molecular weight excluding hydrogens is 412 g/mol. The largest absolute Gasteiger partial charge is 0.481 e. The summed E-state index contributed by atoms with van der Waals surface area (Å²) in [4.78, 5) is 38.1. The minimum absolute atomic E-state index is 0.0729. The van der Waals surface area contributed by atoms with Crippen molar-refractivity contribution in [2.75, 3.05) is 4.90 Å². The fourth-order valence-electron chi connectivity index (χ4n) is 5.23. The predicted octanol–water partition coefficient (Wildman–Crippen LogP) is 2.47. The van der Waals surface area contributed by atoms with Crippen LogP contribution in [0.1, 0.15) is 31.4 Å². The van der Waals surface area contributed by atoms with Crippen molar-refractivity contribution in [2.45, 2.75) is 37.6 Å². The van der Waals surface area contributed by atoms with Crippen LogP contribution in [0.4, 0.5) is 23.2 Å². The zero-order valence-electron chi connectivity index (χ0n) is 15.6. The first kappa shape index (κ1) is 20.3. The fraction of sp³-hybridized carbons (Fsp3) is 0.474. The number of fused-ring (bicyclic) bond motifs is 5. The molecule has 30 heavy (non-hydrogen) atoms. The van der Waals surface area contributed by atoms with Crippen LogP contribution >= 0.6 is 0 Å². The van der Waals surface area contributed by atoms with E-state index in [0.29, 0.717) is 11.0 Å². The molecule has 0 aliphatic carbocycles. The van der Waals surface area contributed by atoms with Gasteiger partial charge < -0.3 is 9.84 Å². The quantitative estimate of drug-likeness (QED) is 0.575. The molecule has 0 unspecified atom stereocenters. The molecule has 1 N–H and O–H groups in total. The van der Waals surface area contributed by atoms with Crippen molar-refractivity contribution in [3.63, 3.8) is 0 Å². The van der Waals surface area contributed by atoms with E-state index in [4.69, 9.17) is 10.00 Å². The molecule has 3 aliphatic heterocycles. The molecule has 0 spiro atoms. The number of imide groups is 1. The summed E-state index contributed by atoms with van der Waals surface area (Å²) in [5.74, 6) is -8.69. The van der Waals surface area contributed by atoms with Crippen molar-refractivity contribution in [3.8, 4) is 6.07 Å². The maximum atomic E-state index is 14.9. The highest BCUT2D eigenvalue weighted by atomic mass is 19.4. The van der Waals surface area contributed by atoms with E-state index in [1.54, 1.807) is 0 Å². The van der Waals surface area contributed by atoms with Crippen molar-refractivity contribution >= 4 is 23.5 Å². The number of benzene rings is 1. The number of carboxylic acid groups (broad SMARTS) is 1. The number of nitrogens with zero attached hydrogens (tertiary/aromatic N) is 2. The Balaban J connectivity index is 1.86. The van der Waals surface area contributed by atoms with Crippen molar-refractivity contribution in [1.29, 1.82) is 5.26 Å². The van der Waals surface area contributed by atoms with Gasteiger partial charge in [-0.25, -0.2) is 9.29 Å². The minimum atomic E-state index is -5.23. The molecule has 158 valence electrons. The standard InChI is InChI=1S/C19H14F4N2O5/c1-17-5-8(16(28)29)18(2,30-17)12-11(17)14(26)25(15(12)27)9-4-3-7(6-24)10(13(9)20)19(21,22)23/h3-4,8,11-12H,5H2,1-2H3,(H,28,29)/t8-,11+,12-,17+,18-/m0/s1. The zero-order valence-corrected chi connectivity index (χ0v) is 15.6. The normalized spacial score (nSPS) is 35.0. The zero-order chi connectivity index (χ0) is 22.4. The summed E-state index contributed by atoms with van der Waals surface area (Å²) in [5, 5.41) is 18.4. The lowest BCUT2D eigenvalue weighted by atomic mass is 9.64. The van der Waals surface area contributed by atoms with Gasteiger partial charge in [0.2, 0.25) is 11.8 Å². The van der Waals surface area contributed by atoms with E-state index in [9.17, 15) is 37.1 Å². The van der Waals surface area contributed by atoms with Gasteiger partial charge in [0, 0.05) is 0 Å². The van der Waals surface area contributed by atoms with Gasteiger partial charge in [-0.1, -0.05) is 0 Å². The van der Waals surface area contributed by atoms with Gasteiger partial charge in [0.15, 0.2) is 5.82 Å². The number of amides is 2. The van der Waals surface area contributed by atoms with Gasteiger partial charge in [-0.3, -0.25) is 14.4 Å². The number of alkyl halides is 3. The van der Waals surface area contributed by atoms with Gasteiger partial charge >= 0.3 is 12.1 Å². The van der Waals surface area contributed by atoms with E-state index in [1.807, 2.05) is 0 Å². The third-order valence-electron chi connectivity index (χ3n) is 6.40. The van der Waals surface area contributed by atoms with Crippen LogP contribution in [-0.4, -0.2) is 34.1 Å². The highest BCUT2D eigenvalue weighted by molar-refractivity contribution is 6.23. The van der Waals surface area contributed by atoms with Crippen LogP contribution in [0.5, 0.6) is 0 Å². The molecule has 3 heterocycles. The van der Waals surface area contributed by atoms with Gasteiger partial charge in [0.25, 0.3) is 0 Å². The third kappa shape index (κ3) is 2.31. The van der Waals surface area contributed by atoms with Gasteiger partial charge in [0.05, 0.1) is 46.3 Å². The lowest BCUT2D eigenvalue weighted by Gasteiger charge is -2.32. The average molecular weight is 426 g/mol. The van der Waals surface area contributed by atoms with Gasteiger partial charge in [-0.2, -0.15) is 18.4 Å². The summed E-state index contributed by atoms with van der Waals surface area (Å²) >= 11 is 0. The molecule has 3 aliphatic rings. The van der Waals surface area contributed by atoms with Crippen LogP contribution in [-0.2, 0) is 25.3 Å². The number of hydrogen-bond donors (Lipinski definition) is 1.